The molecular weight excluding hydrogens is 406 g/mol. The molecule has 8 nitrogen and oxygen atoms in total. The summed E-state index contributed by atoms with van der Waals surface area (Å²) < 4.78 is 13.2. The molecule has 0 bridgehead atoms. The van der Waals surface area contributed by atoms with Crippen LogP contribution in [0.25, 0.3) is 11.4 Å². The van der Waals surface area contributed by atoms with Gasteiger partial charge in [-0.3, -0.25) is 4.79 Å². The van der Waals surface area contributed by atoms with Crippen LogP contribution in [-0.2, 0) is 16.0 Å². The molecule has 3 rings (SSSR count). The maximum absolute atomic E-state index is 11.3. The maximum Gasteiger partial charge on any atom is 0.248 e. The second-order valence-electron chi connectivity index (χ2n) is 7.53. The monoisotopic (exact) mass is 437 g/mol. The van der Waals surface area contributed by atoms with Crippen molar-refractivity contribution in [3.05, 3.63) is 35.7 Å². The summed E-state index contributed by atoms with van der Waals surface area (Å²) in [6.07, 6.45) is 3.72. The van der Waals surface area contributed by atoms with Crippen molar-refractivity contribution in [2.24, 2.45) is 11.5 Å². The number of halogens is 1. The molecule has 0 unspecified atom stereocenters. The van der Waals surface area contributed by atoms with E-state index in [1.54, 1.807) is 19.2 Å². The molecule has 1 heterocycles. The number of nitrogens with two attached hydrogens (primary N) is 2. The molecule has 166 valence electrons. The molecule has 0 radical (unpaired) electrons. The van der Waals surface area contributed by atoms with E-state index >= 15 is 0 Å². The number of amides is 1. The normalized spacial score (nSPS) is 21.2. The lowest BCUT2D eigenvalue weighted by Gasteiger charge is -2.33. The van der Waals surface area contributed by atoms with Crippen molar-refractivity contribution >= 4 is 18.3 Å². The summed E-state index contributed by atoms with van der Waals surface area (Å²) in [4.78, 5) is 16.2. The first kappa shape index (κ1) is 24.3. The van der Waals surface area contributed by atoms with Crippen LogP contribution in [0.4, 0.5) is 0 Å². The van der Waals surface area contributed by atoms with Gasteiger partial charge in [-0.15, -0.1) is 12.4 Å². The van der Waals surface area contributed by atoms with E-state index in [1.165, 1.54) is 0 Å². The zero-order valence-corrected chi connectivity index (χ0v) is 18.4. The molecule has 1 amide bonds. The summed E-state index contributed by atoms with van der Waals surface area (Å²) in [5.41, 5.74) is 12.9. The summed E-state index contributed by atoms with van der Waals surface area (Å²) in [5.74, 6) is 1.35. The van der Waals surface area contributed by atoms with Gasteiger partial charge in [-0.25, -0.2) is 9.67 Å². The Balaban J connectivity index is 0.00000320. The zero-order valence-electron chi connectivity index (χ0n) is 17.6. The van der Waals surface area contributed by atoms with Crippen molar-refractivity contribution < 1.29 is 14.3 Å². The highest BCUT2D eigenvalue weighted by Gasteiger charge is 2.32. The molecule has 1 aliphatic carbocycles. The first-order chi connectivity index (χ1) is 14.0. The van der Waals surface area contributed by atoms with Gasteiger partial charge in [-0.05, 0) is 37.8 Å². The van der Waals surface area contributed by atoms with E-state index in [9.17, 15) is 4.79 Å². The molecule has 0 spiro atoms. The Morgan fingerprint density at radius 2 is 1.97 bits per heavy atom. The highest BCUT2D eigenvalue weighted by atomic mass is 35.5. The Labute approximate surface area is 183 Å². The highest BCUT2D eigenvalue weighted by molar-refractivity contribution is 5.93. The Morgan fingerprint density at radius 1 is 1.23 bits per heavy atom. The maximum atomic E-state index is 11.3. The molecule has 0 saturated heterocycles. The summed E-state index contributed by atoms with van der Waals surface area (Å²) in [6, 6.07) is 7.10. The average molecular weight is 438 g/mol. The van der Waals surface area contributed by atoms with Crippen molar-refractivity contribution in [1.82, 2.24) is 14.8 Å². The topological polar surface area (TPSA) is 118 Å². The minimum atomic E-state index is -0.451. The van der Waals surface area contributed by atoms with Gasteiger partial charge in [0.1, 0.15) is 5.82 Å². The highest BCUT2D eigenvalue weighted by Crippen LogP contribution is 2.34. The minimum Gasteiger partial charge on any atom is -0.383 e. The Bertz CT molecular complexity index is 811. The number of carbonyl (C=O) groups excluding carboxylic acids is 1. The zero-order chi connectivity index (χ0) is 20.8. The van der Waals surface area contributed by atoms with Gasteiger partial charge in [0.25, 0.3) is 0 Å². The van der Waals surface area contributed by atoms with Gasteiger partial charge in [0.15, 0.2) is 5.82 Å². The molecule has 9 heteroatoms. The Hall–Kier alpha value is -2.00. The van der Waals surface area contributed by atoms with E-state index in [-0.39, 0.29) is 30.5 Å². The van der Waals surface area contributed by atoms with E-state index in [2.05, 4.69) is 6.92 Å². The van der Waals surface area contributed by atoms with E-state index in [1.807, 2.05) is 16.8 Å². The first-order valence-electron chi connectivity index (χ1n) is 10.2. The molecule has 1 fully saturated rings. The van der Waals surface area contributed by atoms with Crippen molar-refractivity contribution in [2.45, 2.75) is 57.2 Å². The molecular formula is C21H32ClN5O3. The predicted octanol–water partition coefficient (Wildman–Crippen LogP) is 2.50. The lowest BCUT2D eigenvalue weighted by molar-refractivity contribution is 0.00851. The Morgan fingerprint density at radius 3 is 2.60 bits per heavy atom. The lowest BCUT2D eigenvalue weighted by Crippen LogP contribution is -2.42. The molecule has 3 atom stereocenters. The number of ether oxygens (including phenoxy) is 2. The van der Waals surface area contributed by atoms with Gasteiger partial charge >= 0.3 is 0 Å². The van der Waals surface area contributed by atoms with Crippen LogP contribution in [0.2, 0.25) is 0 Å². The quantitative estimate of drug-likeness (QED) is 0.622. The van der Waals surface area contributed by atoms with E-state index in [4.69, 9.17) is 31.0 Å². The number of methoxy groups -OCH3 is 1. The number of nitrogens with zero attached hydrogens (tertiary/aromatic N) is 3. The third kappa shape index (κ3) is 5.78. The number of benzene rings is 1. The number of primary amides is 1. The first-order valence-corrected chi connectivity index (χ1v) is 10.2. The smallest absolute Gasteiger partial charge is 0.248 e. The molecule has 1 aliphatic rings. The molecule has 4 N–H and O–H groups in total. The van der Waals surface area contributed by atoms with Gasteiger partial charge in [-0.2, -0.15) is 5.10 Å². The Kier molecular flexibility index (Phi) is 9.23. The van der Waals surface area contributed by atoms with Gasteiger partial charge in [0.2, 0.25) is 5.91 Å². The third-order valence-electron chi connectivity index (χ3n) is 5.38. The van der Waals surface area contributed by atoms with Crippen LogP contribution >= 0.6 is 12.4 Å². The van der Waals surface area contributed by atoms with Crippen molar-refractivity contribution in [1.29, 1.82) is 0 Å². The van der Waals surface area contributed by atoms with Gasteiger partial charge < -0.3 is 20.9 Å². The number of hydrogen-bond acceptors (Lipinski definition) is 6. The van der Waals surface area contributed by atoms with E-state index in [0.717, 1.165) is 43.7 Å². The molecule has 30 heavy (non-hydrogen) atoms. The summed E-state index contributed by atoms with van der Waals surface area (Å²) in [7, 11) is 1.67. The lowest BCUT2D eigenvalue weighted by atomic mass is 9.83. The van der Waals surface area contributed by atoms with Gasteiger partial charge in [-0.1, -0.05) is 19.1 Å². The molecule has 0 aliphatic heterocycles. The summed E-state index contributed by atoms with van der Waals surface area (Å²) in [6.45, 7) is 4.00. The molecule has 2 aromatic rings. The van der Waals surface area contributed by atoms with Crippen LogP contribution in [0.1, 0.15) is 54.7 Å². The van der Waals surface area contributed by atoms with Gasteiger partial charge in [0.05, 0.1) is 19.3 Å². The minimum absolute atomic E-state index is 0. The SMILES string of the molecule is CCCO[C@@H]1C[C@@H](c2nc(-c3ccc(C(N)=O)cc3)nn2CCOC)CC[C@H]1N.Cl. The molecule has 1 aromatic carbocycles. The van der Waals surface area contributed by atoms with Crippen molar-refractivity contribution in [3.8, 4) is 11.4 Å². The van der Waals surface area contributed by atoms with Crippen molar-refractivity contribution in [2.75, 3.05) is 20.3 Å². The summed E-state index contributed by atoms with van der Waals surface area (Å²) >= 11 is 0. The standard InChI is InChI=1S/C21H31N5O3.ClH/c1-3-11-29-18-13-16(8-9-17(18)22)21-24-20(25-26(21)10-12-28-2)15-6-4-14(5-7-15)19(23)27;/h4-7,16-18H,3,8-13,22H2,1-2H3,(H2,23,27);1H/t16-,17+,18+;/m0./s1. The van der Waals surface area contributed by atoms with E-state index < -0.39 is 5.91 Å². The van der Waals surface area contributed by atoms with Crippen LogP contribution in [-0.4, -0.2) is 53.1 Å². The average Bonchev–Trinajstić information content (AvgIpc) is 3.16. The fourth-order valence-corrected chi connectivity index (χ4v) is 3.75. The summed E-state index contributed by atoms with van der Waals surface area (Å²) in [5, 5.41) is 4.71. The van der Waals surface area contributed by atoms with Crippen LogP contribution in [0, 0.1) is 0 Å². The largest absolute Gasteiger partial charge is 0.383 e. The fourth-order valence-electron chi connectivity index (χ4n) is 3.75. The number of hydrogen-bond donors (Lipinski definition) is 2. The van der Waals surface area contributed by atoms with Gasteiger partial charge in [0, 0.05) is 36.8 Å². The fraction of sp³-hybridized carbons (Fsp3) is 0.571. The second kappa shape index (κ2) is 11.4. The molecule has 1 saturated carbocycles. The van der Waals surface area contributed by atoms with Crippen LogP contribution < -0.4 is 11.5 Å². The van der Waals surface area contributed by atoms with E-state index in [0.29, 0.717) is 24.5 Å². The van der Waals surface area contributed by atoms with Crippen LogP contribution in [0.3, 0.4) is 0 Å². The molecule has 1 aromatic heterocycles. The number of carbonyl (C=O) groups is 1. The number of rotatable bonds is 9. The van der Waals surface area contributed by atoms with Crippen molar-refractivity contribution in [3.63, 3.8) is 0 Å². The predicted molar refractivity (Wildman–Crippen MR) is 118 cm³/mol. The second-order valence-corrected chi connectivity index (χ2v) is 7.53. The number of aromatic nitrogens is 3. The van der Waals surface area contributed by atoms with Crippen LogP contribution in [0.15, 0.2) is 24.3 Å². The third-order valence-corrected chi connectivity index (χ3v) is 5.38. The van der Waals surface area contributed by atoms with Crippen LogP contribution in [0.5, 0.6) is 0 Å².